The van der Waals surface area contributed by atoms with Crippen molar-refractivity contribution in [3.05, 3.63) is 29.8 Å². The number of rotatable bonds is 6. The van der Waals surface area contributed by atoms with Gasteiger partial charge in [-0.2, -0.15) is 0 Å². The van der Waals surface area contributed by atoms with E-state index in [1.807, 2.05) is 6.92 Å². The van der Waals surface area contributed by atoms with E-state index in [1.54, 1.807) is 12.1 Å². The van der Waals surface area contributed by atoms with Gasteiger partial charge in [-0.1, -0.05) is 26.7 Å². The first-order chi connectivity index (χ1) is 9.42. The number of aromatic carboxylic acids is 1. The molecule has 21 heavy (non-hydrogen) atoms. The quantitative estimate of drug-likeness (QED) is 0.522. The second kappa shape index (κ2) is 12.4. The summed E-state index contributed by atoms with van der Waals surface area (Å²) >= 11 is 0. The molecule has 0 bridgehead atoms. The Morgan fingerprint density at radius 2 is 1.67 bits per heavy atom. The molecule has 1 atom stereocenters. The maximum atomic E-state index is 10.4. The summed E-state index contributed by atoms with van der Waals surface area (Å²) in [6.07, 6.45) is 3.71. The van der Waals surface area contributed by atoms with Crippen LogP contribution in [0.2, 0.25) is 0 Å². The fourth-order valence-electron chi connectivity index (χ4n) is 1.58. The van der Waals surface area contributed by atoms with E-state index < -0.39 is 11.9 Å². The number of anilines is 1. The van der Waals surface area contributed by atoms with Crippen LogP contribution in [0.25, 0.3) is 0 Å². The fraction of sp³-hybridized carbons (Fsp3) is 0.467. The van der Waals surface area contributed by atoms with Gasteiger partial charge in [0.15, 0.2) is 0 Å². The van der Waals surface area contributed by atoms with Crippen LogP contribution in [0, 0.1) is 5.92 Å². The Morgan fingerprint density at radius 3 is 2.00 bits per heavy atom. The van der Waals surface area contributed by atoms with Gasteiger partial charge in [0.25, 0.3) is 0 Å². The van der Waals surface area contributed by atoms with Gasteiger partial charge in [-0.25, -0.2) is 4.79 Å². The molecule has 5 nitrogen and oxygen atoms in total. The van der Waals surface area contributed by atoms with Crippen LogP contribution < -0.4 is 5.73 Å². The summed E-state index contributed by atoms with van der Waals surface area (Å²) in [7, 11) is 0. The summed E-state index contributed by atoms with van der Waals surface area (Å²) in [5.74, 6) is -1.68. The van der Waals surface area contributed by atoms with Crippen molar-refractivity contribution >= 4 is 17.6 Å². The smallest absolute Gasteiger partial charge is 0.335 e. The molecule has 1 rings (SSSR count). The molecule has 1 aromatic carbocycles. The molecule has 1 aromatic rings. The molecule has 0 spiro atoms. The maximum Gasteiger partial charge on any atom is 0.335 e. The van der Waals surface area contributed by atoms with Crippen LogP contribution in [0.4, 0.5) is 5.69 Å². The average Bonchev–Trinajstić information content (AvgIpc) is 2.40. The first-order valence-corrected chi connectivity index (χ1v) is 6.73. The molecule has 0 fully saturated rings. The Kier molecular flexibility index (Phi) is 12.9. The normalized spacial score (nSPS) is 10.6. The topological polar surface area (TPSA) is 101 Å². The van der Waals surface area contributed by atoms with Gasteiger partial charge in [0.1, 0.15) is 0 Å². The number of hydrogen-bond donors (Lipinski definition) is 3. The molecule has 4 N–H and O–H groups in total. The molecule has 0 aromatic heterocycles. The van der Waals surface area contributed by atoms with Gasteiger partial charge in [0, 0.05) is 26.8 Å². The molecule has 0 aliphatic carbocycles. The zero-order valence-electron chi connectivity index (χ0n) is 12.4. The van der Waals surface area contributed by atoms with Gasteiger partial charge in [-0.15, -0.1) is 0 Å². The number of aliphatic carboxylic acids is 1. The van der Waals surface area contributed by atoms with Gasteiger partial charge in [-0.3, -0.25) is 4.79 Å². The molecule has 0 saturated carbocycles. The third-order valence-corrected chi connectivity index (χ3v) is 2.91. The van der Waals surface area contributed by atoms with Crippen LogP contribution >= 0.6 is 0 Å². The zero-order valence-corrected chi connectivity index (χ0v) is 14.4. The number of unbranched alkanes of at least 4 members (excludes halogenated alkanes) is 1. The third-order valence-electron chi connectivity index (χ3n) is 2.91. The molecular weight excluding hydrogens is 354 g/mol. The number of carboxylic acid groups (broad SMARTS) is 2. The Labute approximate surface area is 139 Å². The minimum absolute atomic E-state index is 0. The minimum Gasteiger partial charge on any atom is -0.481 e. The van der Waals surface area contributed by atoms with Crippen molar-refractivity contribution in [3.8, 4) is 0 Å². The van der Waals surface area contributed by atoms with Crippen LogP contribution in [0.3, 0.4) is 0 Å². The monoisotopic (exact) mass is 379 g/mol. The summed E-state index contributed by atoms with van der Waals surface area (Å²) in [6.45, 7) is 4.00. The molecule has 0 amide bonds. The molecule has 0 aliphatic rings. The van der Waals surface area contributed by atoms with Gasteiger partial charge in [0.2, 0.25) is 0 Å². The molecule has 0 aliphatic heterocycles. The molecule has 6 heteroatoms. The molecule has 0 radical (unpaired) electrons. The standard InChI is InChI=1S/C8H16O2.C7H7NO2.Mo/c1-3-5-6-7(4-2)8(9)10;8-6-3-1-5(2-4-6)7(9)10;/h7H,3-6H2,1-2H3,(H,9,10);1-4H,8H2,(H,9,10);. The van der Waals surface area contributed by atoms with E-state index >= 15 is 0 Å². The van der Waals surface area contributed by atoms with Crippen molar-refractivity contribution in [3.63, 3.8) is 0 Å². The Morgan fingerprint density at radius 1 is 1.14 bits per heavy atom. The number of benzene rings is 1. The number of carboxylic acids is 2. The van der Waals surface area contributed by atoms with Crippen LogP contribution in [-0.4, -0.2) is 22.2 Å². The van der Waals surface area contributed by atoms with Gasteiger partial charge in [0.05, 0.1) is 11.5 Å². The molecule has 118 valence electrons. The predicted molar refractivity (Wildman–Crippen MR) is 78.8 cm³/mol. The van der Waals surface area contributed by atoms with E-state index in [0.717, 1.165) is 25.7 Å². The van der Waals surface area contributed by atoms with E-state index in [4.69, 9.17) is 15.9 Å². The van der Waals surface area contributed by atoms with E-state index in [2.05, 4.69) is 6.92 Å². The summed E-state index contributed by atoms with van der Waals surface area (Å²) in [5, 5.41) is 17.0. The van der Waals surface area contributed by atoms with Gasteiger partial charge in [-0.05, 0) is 37.1 Å². The maximum absolute atomic E-state index is 10.4. The fourth-order valence-corrected chi connectivity index (χ4v) is 1.58. The van der Waals surface area contributed by atoms with Gasteiger partial charge >= 0.3 is 11.9 Å². The summed E-state index contributed by atoms with van der Waals surface area (Å²) in [5.41, 5.74) is 6.17. The molecular formula is C15H23MoNO4. The Bertz CT molecular complexity index is 420. The van der Waals surface area contributed by atoms with E-state index in [1.165, 1.54) is 12.1 Å². The SMILES string of the molecule is CCCCC(CC)C(=O)O.Nc1ccc(C(=O)O)cc1.[Mo]. The van der Waals surface area contributed by atoms with Crippen LogP contribution in [0.1, 0.15) is 49.9 Å². The molecule has 1 unspecified atom stereocenters. The first kappa shape index (κ1) is 21.9. The number of nitrogen functional groups attached to an aromatic ring is 1. The largest absolute Gasteiger partial charge is 0.481 e. The summed E-state index contributed by atoms with van der Waals surface area (Å²) in [4.78, 5) is 20.7. The van der Waals surface area contributed by atoms with E-state index in [0.29, 0.717) is 5.69 Å². The average molecular weight is 377 g/mol. The molecule has 0 saturated heterocycles. The third kappa shape index (κ3) is 10.1. The van der Waals surface area contributed by atoms with Crippen molar-refractivity contribution < 1.29 is 40.9 Å². The summed E-state index contributed by atoms with van der Waals surface area (Å²) in [6, 6.07) is 6.06. The van der Waals surface area contributed by atoms with Crippen molar-refractivity contribution in [2.75, 3.05) is 5.73 Å². The van der Waals surface area contributed by atoms with Crippen molar-refractivity contribution in [2.45, 2.75) is 39.5 Å². The van der Waals surface area contributed by atoms with Crippen molar-refractivity contribution in [1.82, 2.24) is 0 Å². The minimum atomic E-state index is -0.931. The van der Waals surface area contributed by atoms with Gasteiger partial charge < -0.3 is 15.9 Å². The van der Waals surface area contributed by atoms with Crippen LogP contribution in [0.5, 0.6) is 0 Å². The number of hydrogen-bond acceptors (Lipinski definition) is 3. The Balaban J connectivity index is 0. The second-order valence-corrected chi connectivity index (χ2v) is 4.51. The molecule has 0 heterocycles. The van der Waals surface area contributed by atoms with E-state index in [-0.39, 0.29) is 32.5 Å². The first-order valence-electron chi connectivity index (χ1n) is 6.73. The second-order valence-electron chi connectivity index (χ2n) is 4.51. The number of carbonyl (C=O) groups is 2. The van der Waals surface area contributed by atoms with E-state index in [9.17, 15) is 9.59 Å². The number of nitrogens with two attached hydrogens (primary N) is 1. The predicted octanol–water partition coefficient (Wildman–Crippen LogP) is 3.25. The zero-order chi connectivity index (χ0) is 15.5. The Hall–Kier alpha value is -1.35. The van der Waals surface area contributed by atoms with Crippen molar-refractivity contribution in [1.29, 1.82) is 0 Å². The van der Waals surface area contributed by atoms with Crippen molar-refractivity contribution in [2.24, 2.45) is 5.92 Å². The summed E-state index contributed by atoms with van der Waals surface area (Å²) < 4.78 is 0. The van der Waals surface area contributed by atoms with Crippen LogP contribution in [-0.2, 0) is 25.9 Å². The van der Waals surface area contributed by atoms with Crippen LogP contribution in [0.15, 0.2) is 24.3 Å².